The number of carbonyl (C=O) groups excluding carboxylic acids is 1. The van der Waals surface area contributed by atoms with Crippen molar-refractivity contribution in [2.45, 2.75) is 39.2 Å². The Labute approximate surface area is 74.9 Å². The molecule has 0 aliphatic rings. The second-order valence-corrected chi connectivity index (χ2v) is 3.66. The maximum atomic E-state index is 11.1. The van der Waals surface area contributed by atoms with Gasteiger partial charge < -0.3 is 10.6 Å². The van der Waals surface area contributed by atoms with Crippen LogP contribution < -0.4 is 10.6 Å². The molecule has 12 heavy (non-hydrogen) atoms. The van der Waals surface area contributed by atoms with Crippen LogP contribution in [0, 0.1) is 0 Å². The summed E-state index contributed by atoms with van der Waals surface area (Å²) in [6.45, 7) is 6.80. The highest BCUT2D eigenvalue weighted by atomic mass is 16.1. The maximum Gasteiger partial charge on any atom is 0.220 e. The van der Waals surface area contributed by atoms with Crippen molar-refractivity contribution in [3.63, 3.8) is 0 Å². The summed E-state index contributed by atoms with van der Waals surface area (Å²) in [7, 11) is 1.89. The molecule has 0 saturated heterocycles. The fraction of sp³-hybridized carbons (Fsp3) is 0.889. The van der Waals surface area contributed by atoms with Crippen LogP contribution in [0.1, 0.15) is 33.6 Å². The van der Waals surface area contributed by atoms with Crippen molar-refractivity contribution >= 4 is 5.91 Å². The SMILES string of the molecule is CCCC(=O)NCC(C)(C)NC. The first kappa shape index (κ1) is 11.4. The van der Waals surface area contributed by atoms with Crippen molar-refractivity contribution in [2.75, 3.05) is 13.6 Å². The summed E-state index contributed by atoms with van der Waals surface area (Å²) < 4.78 is 0. The van der Waals surface area contributed by atoms with E-state index in [-0.39, 0.29) is 11.4 Å². The largest absolute Gasteiger partial charge is 0.354 e. The number of likely N-dealkylation sites (N-methyl/N-ethyl adjacent to an activating group) is 1. The molecule has 0 rings (SSSR count). The lowest BCUT2D eigenvalue weighted by atomic mass is 10.1. The molecule has 0 unspecified atom stereocenters. The van der Waals surface area contributed by atoms with Crippen LogP contribution in [0.2, 0.25) is 0 Å². The number of hydrogen-bond acceptors (Lipinski definition) is 2. The van der Waals surface area contributed by atoms with Crippen LogP contribution in [-0.2, 0) is 4.79 Å². The Morgan fingerprint density at radius 1 is 1.42 bits per heavy atom. The molecule has 0 aromatic heterocycles. The van der Waals surface area contributed by atoms with Crippen molar-refractivity contribution in [2.24, 2.45) is 0 Å². The molecule has 0 aliphatic heterocycles. The molecule has 0 fully saturated rings. The third-order valence-corrected chi connectivity index (χ3v) is 1.88. The highest BCUT2D eigenvalue weighted by Crippen LogP contribution is 1.97. The second-order valence-electron chi connectivity index (χ2n) is 3.66. The maximum absolute atomic E-state index is 11.1. The summed E-state index contributed by atoms with van der Waals surface area (Å²) in [5.74, 6) is 0.140. The summed E-state index contributed by atoms with van der Waals surface area (Å²) in [6.07, 6.45) is 1.53. The minimum absolute atomic E-state index is 0.0105. The van der Waals surface area contributed by atoms with Gasteiger partial charge in [0.15, 0.2) is 0 Å². The summed E-state index contributed by atoms with van der Waals surface area (Å²) in [5, 5.41) is 6.00. The zero-order valence-corrected chi connectivity index (χ0v) is 8.53. The Morgan fingerprint density at radius 3 is 2.42 bits per heavy atom. The Hall–Kier alpha value is -0.570. The van der Waals surface area contributed by atoms with E-state index < -0.39 is 0 Å². The summed E-state index contributed by atoms with van der Waals surface area (Å²) >= 11 is 0. The molecular formula is C9H20N2O. The Balaban J connectivity index is 3.60. The minimum atomic E-state index is -0.0105. The number of carbonyl (C=O) groups is 1. The number of rotatable bonds is 5. The Bertz CT molecular complexity index is 143. The molecule has 0 heterocycles. The van der Waals surface area contributed by atoms with E-state index in [4.69, 9.17) is 0 Å². The van der Waals surface area contributed by atoms with Gasteiger partial charge in [0, 0.05) is 18.5 Å². The lowest BCUT2D eigenvalue weighted by Crippen LogP contribution is -2.47. The van der Waals surface area contributed by atoms with Crippen molar-refractivity contribution < 1.29 is 4.79 Å². The molecule has 3 heteroatoms. The summed E-state index contributed by atoms with van der Waals surface area (Å²) in [4.78, 5) is 11.1. The van der Waals surface area contributed by atoms with E-state index in [0.29, 0.717) is 13.0 Å². The highest BCUT2D eigenvalue weighted by molar-refractivity contribution is 5.75. The Morgan fingerprint density at radius 2 is 2.00 bits per heavy atom. The van der Waals surface area contributed by atoms with Gasteiger partial charge in [-0.2, -0.15) is 0 Å². The molecule has 2 N–H and O–H groups in total. The molecule has 3 nitrogen and oxygen atoms in total. The van der Waals surface area contributed by atoms with Crippen LogP contribution in [0.25, 0.3) is 0 Å². The average Bonchev–Trinajstić information content (AvgIpc) is 2.02. The van der Waals surface area contributed by atoms with Gasteiger partial charge in [0.2, 0.25) is 5.91 Å². The van der Waals surface area contributed by atoms with E-state index in [1.165, 1.54) is 0 Å². The normalized spacial score (nSPS) is 11.3. The van der Waals surface area contributed by atoms with Crippen molar-refractivity contribution in [3.05, 3.63) is 0 Å². The minimum Gasteiger partial charge on any atom is -0.354 e. The number of hydrogen-bond donors (Lipinski definition) is 2. The second kappa shape index (κ2) is 5.14. The molecule has 0 radical (unpaired) electrons. The van der Waals surface area contributed by atoms with Gasteiger partial charge in [-0.15, -0.1) is 0 Å². The fourth-order valence-corrected chi connectivity index (χ4v) is 0.723. The van der Waals surface area contributed by atoms with Gasteiger partial charge >= 0.3 is 0 Å². The van der Waals surface area contributed by atoms with Gasteiger partial charge in [0.1, 0.15) is 0 Å². The first-order valence-electron chi connectivity index (χ1n) is 4.47. The van der Waals surface area contributed by atoms with Gasteiger partial charge in [-0.05, 0) is 27.3 Å². The van der Waals surface area contributed by atoms with Crippen LogP contribution >= 0.6 is 0 Å². The van der Waals surface area contributed by atoms with Crippen LogP contribution in [0.4, 0.5) is 0 Å². The molecule has 0 saturated carbocycles. The van der Waals surface area contributed by atoms with E-state index in [1.807, 2.05) is 14.0 Å². The van der Waals surface area contributed by atoms with Crippen molar-refractivity contribution in [1.29, 1.82) is 0 Å². The van der Waals surface area contributed by atoms with E-state index >= 15 is 0 Å². The van der Waals surface area contributed by atoms with E-state index in [2.05, 4.69) is 24.5 Å². The predicted octanol–water partition coefficient (Wildman–Crippen LogP) is 0.901. The molecule has 1 amide bonds. The monoisotopic (exact) mass is 172 g/mol. The number of nitrogens with one attached hydrogen (secondary N) is 2. The quantitative estimate of drug-likeness (QED) is 0.647. The molecule has 0 aromatic carbocycles. The van der Waals surface area contributed by atoms with Gasteiger partial charge in [-0.25, -0.2) is 0 Å². The molecule has 0 spiro atoms. The van der Waals surface area contributed by atoms with Crippen LogP contribution in [0.15, 0.2) is 0 Å². The Kier molecular flexibility index (Phi) is 4.90. The van der Waals surface area contributed by atoms with Crippen molar-refractivity contribution in [1.82, 2.24) is 10.6 Å². The van der Waals surface area contributed by atoms with Gasteiger partial charge in [-0.3, -0.25) is 4.79 Å². The van der Waals surface area contributed by atoms with Crippen LogP contribution in [0.3, 0.4) is 0 Å². The van der Waals surface area contributed by atoms with Gasteiger partial charge in [0.25, 0.3) is 0 Å². The fourth-order valence-electron chi connectivity index (χ4n) is 0.723. The molecule has 0 aliphatic carbocycles. The third kappa shape index (κ3) is 5.13. The molecule has 0 atom stereocenters. The standard InChI is InChI=1S/C9H20N2O/c1-5-6-8(12)11-7-9(2,3)10-4/h10H,5-7H2,1-4H3,(H,11,12). The van der Waals surface area contributed by atoms with E-state index in [1.54, 1.807) is 0 Å². The van der Waals surface area contributed by atoms with E-state index in [9.17, 15) is 4.79 Å². The smallest absolute Gasteiger partial charge is 0.220 e. The molecule has 0 bridgehead atoms. The molecule has 72 valence electrons. The van der Waals surface area contributed by atoms with Gasteiger partial charge in [0.05, 0.1) is 0 Å². The van der Waals surface area contributed by atoms with E-state index in [0.717, 1.165) is 6.42 Å². The van der Waals surface area contributed by atoms with Crippen LogP contribution in [0.5, 0.6) is 0 Å². The average molecular weight is 172 g/mol. The lowest BCUT2D eigenvalue weighted by molar-refractivity contribution is -0.121. The third-order valence-electron chi connectivity index (χ3n) is 1.88. The summed E-state index contributed by atoms with van der Waals surface area (Å²) in [6, 6.07) is 0. The van der Waals surface area contributed by atoms with Crippen molar-refractivity contribution in [3.8, 4) is 0 Å². The summed E-state index contributed by atoms with van der Waals surface area (Å²) in [5.41, 5.74) is -0.0105. The van der Waals surface area contributed by atoms with Crippen LogP contribution in [-0.4, -0.2) is 25.0 Å². The first-order valence-corrected chi connectivity index (χ1v) is 4.47. The molecular weight excluding hydrogens is 152 g/mol. The lowest BCUT2D eigenvalue weighted by Gasteiger charge is -2.24. The highest BCUT2D eigenvalue weighted by Gasteiger charge is 2.14. The number of amides is 1. The molecule has 0 aromatic rings. The topological polar surface area (TPSA) is 41.1 Å². The first-order chi connectivity index (χ1) is 5.52. The predicted molar refractivity (Wildman–Crippen MR) is 51.1 cm³/mol. The zero-order chi connectivity index (χ0) is 9.61. The zero-order valence-electron chi connectivity index (χ0n) is 8.53. The van der Waals surface area contributed by atoms with Gasteiger partial charge in [-0.1, -0.05) is 6.92 Å².